The van der Waals surface area contributed by atoms with Crippen molar-refractivity contribution in [1.29, 1.82) is 0 Å². The van der Waals surface area contributed by atoms with Crippen LogP contribution < -0.4 is 0 Å². The number of hydrogen-bond donors (Lipinski definition) is 1. The van der Waals surface area contributed by atoms with Gasteiger partial charge in [-0.15, -0.1) is 0 Å². The zero-order valence-corrected chi connectivity index (χ0v) is 12.4. The van der Waals surface area contributed by atoms with Gasteiger partial charge in [-0.05, 0) is 37.5 Å². The van der Waals surface area contributed by atoms with Crippen LogP contribution in [0.2, 0.25) is 0 Å². The summed E-state index contributed by atoms with van der Waals surface area (Å²) in [6.45, 7) is 2.05. The van der Waals surface area contributed by atoms with E-state index in [1.165, 1.54) is 44.9 Å². The number of aliphatic hydroxyl groups excluding tert-OH is 1. The highest BCUT2D eigenvalue weighted by Gasteiger charge is 2.35. The van der Waals surface area contributed by atoms with Crippen molar-refractivity contribution in [1.82, 2.24) is 10.1 Å². The Morgan fingerprint density at radius 1 is 1.20 bits per heavy atom. The summed E-state index contributed by atoms with van der Waals surface area (Å²) in [4.78, 5) is 4.46. The average molecular weight is 278 g/mol. The topological polar surface area (TPSA) is 59.2 Å². The SMILES string of the molecule is CCCC(O)c1noc(C2CCC3CCCCC3C2)n1. The Bertz CT molecular complexity index is 432. The number of aliphatic hydroxyl groups is 1. The Morgan fingerprint density at radius 3 is 2.80 bits per heavy atom. The van der Waals surface area contributed by atoms with Crippen molar-refractivity contribution in [2.75, 3.05) is 0 Å². The van der Waals surface area contributed by atoms with Gasteiger partial charge in [0.05, 0.1) is 0 Å². The lowest BCUT2D eigenvalue weighted by Crippen LogP contribution is -2.27. The number of nitrogens with zero attached hydrogens (tertiary/aromatic N) is 2. The van der Waals surface area contributed by atoms with Gasteiger partial charge < -0.3 is 9.63 Å². The van der Waals surface area contributed by atoms with Crippen molar-refractivity contribution in [2.24, 2.45) is 11.8 Å². The second kappa shape index (κ2) is 6.25. The first-order chi connectivity index (χ1) is 9.78. The van der Waals surface area contributed by atoms with Crippen LogP contribution >= 0.6 is 0 Å². The van der Waals surface area contributed by atoms with E-state index in [1.54, 1.807) is 0 Å². The van der Waals surface area contributed by atoms with Gasteiger partial charge in [0.25, 0.3) is 0 Å². The molecule has 2 saturated carbocycles. The number of rotatable bonds is 4. The van der Waals surface area contributed by atoms with Crippen LogP contribution in [0.3, 0.4) is 0 Å². The molecule has 112 valence electrons. The summed E-state index contributed by atoms with van der Waals surface area (Å²) >= 11 is 0. The van der Waals surface area contributed by atoms with Gasteiger partial charge in [0, 0.05) is 5.92 Å². The minimum atomic E-state index is -0.566. The van der Waals surface area contributed by atoms with Crippen LogP contribution in [-0.4, -0.2) is 15.2 Å². The van der Waals surface area contributed by atoms with Gasteiger partial charge in [-0.1, -0.05) is 44.2 Å². The highest BCUT2D eigenvalue weighted by molar-refractivity contribution is 5.00. The van der Waals surface area contributed by atoms with Gasteiger partial charge in [0.1, 0.15) is 6.10 Å². The van der Waals surface area contributed by atoms with Gasteiger partial charge in [-0.25, -0.2) is 0 Å². The molecular formula is C16H26N2O2. The Balaban J connectivity index is 1.64. The first-order valence-electron chi connectivity index (χ1n) is 8.29. The summed E-state index contributed by atoms with van der Waals surface area (Å²) in [5.74, 6) is 3.46. The molecule has 20 heavy (non-hydrogen) atoms. The third-order valence-corrected chi connectivity index (χ3v) is 5.21. The number of fused-ring (bicyclic) bond motifs is 1. The van der Waals surface area contributed by atoms with E-state index in [0.29, 0.717) is 18.2 Å². The third-order valence-electron chi connectivity index (χ3n) is 5.21. The fourth-order valence-electron chi connectivity index (χ4n) is 4.05. The van der Waals surface area contributed by atoms with E-state index >= 15 is 0 Å². The zero-order valence-electron chi connectivity index (χ0n) is 12.4. The summed E-state index contributed by atoms with van der Waals surface area (Å²) < 4.78 is 5.43. The molecule has 2 fully saturated rings. The molecule has 0 saturated heterocycles. The number of hydrogen-bond acceptors (Lipinski definition) is 4. The van der Waals surface area contributed by atoms with Gasteiger partial charge in [-0.3, -0.25) is 0 Å². The maximum atomic E-state index is 9.93. The second-order valence-corrected chi connectivity index (χ2v) is 6.61. The van der Waals surface area contributed by atoms with E-state index in [9.17, 15) is 5.11 Å². The molecular weight excluding hydrogens is 252 g/mol. The van der Waals surface area contributed by atoms with Crippen molar-refractivity contribution in [2.45, 2.75) is 76.7 Å². The molecule has 4 heteroatoms. The van der Waals surface area contributed by atoms with Crippen LogP contribution in [-0.2, 0) is 0 Å². The third kappa shape index (κ3) is 2.90. The molecule has 3 rings (SSSR count). The highest BCUT2D eigenvalue weighted by Crippen LogP contribution is 2.45. The summed E-state index contributed by atoms with van der Waals surface area (Å²) in [5, 5.41) is 13.9. The fourth-order valence-corrected chi connectivity index (χ4v) is 4.05. The van der Waals surface area contributed by atoms with E-state index < -0.39 is 6.10 Å². The summed E-state index contributed by atoms with van der Waals surface area (Å²) in [6, 6.07) is 0. The molecule has 0 aliphatic heterocycles. The molecule has 0 amide bonds. The molecule has 1 N–H and O–H groups in total. The van der Waals surface area contributed by atoms with E-state index in [4.69, 9.17) is 4.52 Å². The predicted octanol–water partition coefficient (Wildman–Crippen LogP) is 3.98. The van der Waals surface area contributed by atoms with E-state index in [0.717, 1.165) is 24.1 Å². The number of aromatic nitrogens is 2. The van der Waals surface area contributed by atoms with E-state index in [-0.39, 0.29) is 0 Å². The molecule has 0 spiro atoms. The predicted molar refractivity (Wildman–Crippen MR) is 76.2 cm³/mol. The largest absolute Gasteiger partial charge is 0.385 e. The average Bonchev–Trinajstić information content (AvgIpc) is 2.97. The van der Waals surface area contributed by atoms with Crippen LogP contribution in [0.4, 0.5) is 0 Å². The highest BCUT2D eigenvalue weighted by atomic mass is 16.5. The standard InChI is InChI=1S/C16H26N2O2/c1-2-5-14(19)15-17-16(20-18-15)13-9-8-11-6-3-4-7-12(11)10-13/h11-14,19H,2-10H2,1H3. The van der Waals surface area contributed by atoms with Gasteiger partial charge in [0.2, 0.25) is 5.89 Å². The Labute approximate surface area is 121 Å². The smallest absolute Gasteiger partial charge is 0.229 e. The molecule has 4 unspecified atom stereocenters. The summed E-state index contributed by atoms with van der Waals surface area (Å²) in [5.41, 5.74) is 0. The molecule has 1 aromatic rings. The first kappa shape index (κ1) is 14.1. The van der Waals surface area contributed by atoms with E-state index in [1.807, 2.05) is 0 Å². The van der Waals surface area contributed by atoms with Crippen LogP contribution in [0, 0.1) is 11.8 Å². The van der Waals surface area contributed by atoms with Crippen LogP contribution in [0.25, 0.3) is 0 Å². The fraction of sp³-hybridized carbons (Fsp3) is 0.875. The molecule has 1 aromatic heterocycles. The molecule has 1 heterocycles. The molecule has 0 bridgehead atoms. The quantitative estimate of drug-likeness (QED) is 0.905. The van der Waals surface area contributed by atoms with Crippen molar-refractivity contribution >= 4 is 0 Å². The zero-order chi connectivity index (χ0) is 13.9. The normalized spacial score (nSPS) is 31.8. The molecule has 4 nitrogen and oxygen atoms in total. The lowest BCUT2D eigenvalue weighted by Gasteiger charge is -2.38. The van der Waals surface area contributed by atoms with Gasteiger partial charge >= 0.3 is 0 Å². The van der Waals surface area contributed by atoms with Gasteiger partial charge in [0.15, 0.2) is 5.82 Å². The molecule has 4 atom stereocenters. The maximum Gasteiger partial charge on any atom is 0.229 e. The van der Waals surface area contributed by atoms with Crippen molar-refractivity contribution < 1.29 is 9.63 Å². The minimum absolute atomic E-state index is 0.421. The Kier molecular flexibility index (Phi) is 4.39. The summed E-state index contributed by atoms with van der Waals surface area (Å²) in [6.07, 6.45) is 10.4. The molecule has 0 radical (unpaired) electrons. The molecule has 2 aliphatic carbocycles. The molecule has 2 aliphatic rings. The van der Waals surface area contributed by atoms with E-state index in [2.05, 4.69) is 17.1 Å². The van der Waals surface area contributed by atoms with Crippen molar-refractivity contribution in [3.05, 3.63) is 11.7 Å². The maximum absolute atomic E-state index is 9.93. The van der Waals surface area contributed by atoms with Gasteiger partial charge in [-0.2, -0.15) is 4.98 Å². The monoisotopic (exact) mass is 278 g/mol. The Hall–Kier alpha value is -0.900. The van der Waals surface area contributed by atoms with Crippen LogP contribution in [0.15, 0.2) is 4.52 Å². The van der Waals surface area contributed by atoms with Crippen molar-refractivity contribution in [3.63, 3.8) is 0 Å². The molecule has 0 aromatic carbocycles. The van der Waals surface area contributed by atoms with Crippen molar-refractivity contribution in [3.8, 4) is 0 Å². The van der Waals surface area contributed by atoms with Crippen LogP contribution in [0.1, 0.15) is 88.4 Å². The summed E-state index contributed by atoms with van der Waals surface area (Å²) in [7, 11) is 0. The lowest BCUT2D eigenvalue weighted by molar-refractivity contribution is 0.142. The second-order valence-electron chi connectivity index (χ2n) is 6.61. The Morgan fingerprint density at radius 2 is 2.00 bits per heavy atom. The first-order valence-corrected chi connectivity index (χ1v) is 8.29. The van der Waals surface area contributed by atoms with Crippen LogP contribution in [0.5, 0.6) is 0 Å². The minimum Gasteiger partial charge on any atom is -0.385 e. The lowest BCUT2D eigenvalue weighted by atomic mass is 9.67.